The Balaban J connectivity index is 1.64. The van der Waals surface area contributed by atoms with Crippen LogP contribution in [0.4, 0.5) is 6.01 Å². The summed E-state index contributed by atoms with van der Waals surface area (Å²) in [4.78, 5) is 10.8. The van der Waals surface area contributed by atoms with Crippen LogP contribution in [0.15, 0.2) is 22.7 Å². The predicted octanol–water partition coefficient (Wildman–Crippen LogP) is 1.48. The number of anilines is 1. The number of piperidine rings is 1. The molecule has 0 radical (unpaired) electrons. The van der Waals surface area contributed by atoms with E-state index in [4.69, 9.17) is 9.52 Å². The van der Waals surface area contributed by atoms with Crippen molar-refractivity contribution in [2.24, 2.45) is 0 Å². The Morgan fingerprint density at radius 1 is 1.55 bits per heavy atom. The average molecular weight is 276 g/mol. The molecular formula is C14H20N4O2. The molecule has 0 aliphatic carbocycles. The van der Waals surface area contributed by atoms with Crippen LogP contribution in [-0.4, -0.2) is 51.8 Å². The highest BCUT2D eigenvalue weighted by atomic mass is 16.4. The average Bonchev–Trinajstić information content (AvgIpc) is 2.84. The molecule has 0 bridgehead atoms. The smallest absolute Gasteiger partial charge is 0.297 e. The minimum atomic E-state index is 0.221. The van der Waals surface area contributed by atoms with Gasteiger partial charge in [-0.1, -0.05) is 0 Å². The molecule has 2 aromatic rings. The number of likely N-dealkylation sites (tertiary alicyclic amines) is 1. The van der Waals surface area contributed by atoms with Crippen LogP contribution in [0.25, 0.3) is 11.2 Å². The molecule has 108 valence electrons. The van der Waals surface area contributed by atoms with E-state index < -0.39 is 0 Å². The largest absolute Gasteiger partial charge is 0.404 e. The Hall–Kier alpha value is -1.66. The number of aromatic nitrogens is 2. The number of pyridine rings is 1. The summed E-state index contributed by atoms with van der Waals surface area (Å²) in [6.07, 6.45) is 3.75. The quantitative estimate of drug-likeness (QED) is 0.881. The molecule has 2 atom stereocenters. The number of oxazole rings is 1. The maximum Gasteiger partial charge on any atom is 0.297 e. The Labute approximate surface area is 117 Å². The molecule has 0 saturated carbocycles. The highest BCUT2D eigenvalue weighted by molar-refractivity contribution is 5.69. The van der Waals surface area contributed by atoms with Crippen LogP contribution in [0.5, 0.6) is 0 Å². The van der Waals surface area contributed by atoms with E-state index in [1.54, 1.807) is 6.20 Å². The van der Waals surface area contributed by atoms with Gasteiger partial charge in [-0.3, -0.25) is 4.90 Å². The summed E-state index contributed by atoms with van der Waals surface area (Å²) < 4.78 is 5.59. The van der Waals surface area contributed by atoms with Crippen LogP contribution >= 0.6 is 0 Å². The first kappa shape index (κ1) is 13.3. The third-order valence-electron chi connectivity index (χ3n) is 3.89. The number of aliphatic hydroxyl groups excluding tert-OH is 1. The predicted molar refractivity (Wildman–Crippen MR) is 76.6 cm³/mol. The summed E-state index contributed by atoms with van der Waals surface area (Å²) in [7, 11) is 0. The second-order valence-corrected chi connectivity index (χ2v) is 5.32. The van der Waals surface area contributed by atoms with Crippen molar-refractivity contribution < 1.29 is 9.52 Å². The van der Waals surface area contributed by atoms with Crippen molar-refractivity contribution in [3.05, 3.63) is 18.3 Å². The van der Waals surface area contributed by atoms with Gasteiger partial charge in [-0.2, -0.15) is 4.98 Å². The maximum atomic E-state index is 9.03. The van der Waals surface area contributed by atoms with Gasteiger partial charge in [0.2, 0.25) is 5.71 Å². The van der Waals surface area contributed by atoms with E-state index in [9.17, 15) is 0 Å². The van der Waals surface area contributed by atoms with Gasteiger partial charge < -0.3 is 14.8 Å². The standard InChI is InChI=1S/C14H20N4O2/c1-10-9-11(4-6-18(10)7-8-19)16-14-17-12-3-2-5-15-13(12)20-14/h2-3,5,10-11,19H,4,6-9H2,1H3,(H,16,17). The zero-order chi connectivity index (χ0) is 13.9. The summed E-state index contributed by atoms with van der Waals surface area (Å²) >= 11 is 0. The van der Waals surface area contributed by atoms with Crippen molar-refractivity contribution in [2.45, 2.75) is 31.8 Å². The lowest BCUT2D eigenvalue weighted by atomic mass is 9.98. The second kappa shape index (κ2) is 5.76. The number of fused-ring (bicyclic) bond motifs is 1. The molecule has 3 heterocycles. The molecular weight excluding hydrogens is 256 g/mol. The number of aliphatic hydroxyl groups is 1. The normalized spacial score (nSPS) is 24.1. The van der Waals surface area contributed by atoms with E-state index in [-0.39, 0.29) is 6.61 Å². The lowest BCUT2D eigenvalue weighted by molar-refractivity contribution is 0.120. The topological polar surface area (TPSA) is 74.4 Å². The first-order chi connectivity index (χ1) is 9.76. The van der Waals surface area contributed by atoms with Crippen molar-refractivity contribution in [1.29, 1.82) is 0 Å². The molecule has 3 rings (SSSR count). The molecule has 2 aromatic heterocycles. The summed E-state index contributed by atoms with van der Waals surface area (Å²) in [6.45, 7) is 4.15. The van der Waals surface area contributed by atoms with Gasteiger partial charge >= 0.3 is 0 Å². The van der Waals surface area contributed by atoms with Crippen molar-refractivity contribution in [3.8, 4) is 0 Å². The zero-order valence-electron chi connectivity index (χ0n) is 11.6. The molecule has 0 spiro atoms. The van der Waals surface area contributed by atoms with E-state index >= 15 is 0 Å². The van der Waals surface area contributed by atoms with Gasteiger partial charge in [0.05, 0.1) is 6.61 Å². The molecule has 6 nitrogen and oxygen atoms in total. The van der Waals surface area contributed by atoms with Crippen LogP contribution in [0.2, 0.25) is 0 Å². The Bertz CT molecular complexity index is 538. The first-order valence-corrected chi connectivity index (χ1v) is 7.09. The SMILES string of the molecule is CC1CC(Nc2nc3cccnc3o2)CCN1CCO. The minimum Gasteiger partial charge on any atom is -0.404 e. The van der Waals surface area contributed by atoms with Crippen LogP contribution in [0.1, 0.15) is 19.8 Å². The number of hydrogen-bond donors (Lipinski definition) is 2. The van der Waals surface area contributed by atoms with Crippen molar-refractivity contribution in [1.82, 2.24) is 14.9 Å². The molecule has 1 aliphatic heterocycles. The summed E-state index contributed by atoms with van der Waals surface area (Å²) in [6, 6.07) is 5.10. The highest BCUT2D eigenvalue weighted by Gasteiger charge is 2.25. The van der Waals surface area contributed by atoms with Gasteiger partial charge in [-0.25, -0.2) is 4.98 Å². The van der Waals surface area contributed by atoms with Crippen LogP contribution in [0.3, 0.4) is 0 Å². The lowest BCUT2D eigenvalue weighted by Crippen LogP contribution is -2.46. The lowest BCUT2D eigenvalue weighted by Gasteiger charge is -2.37. The number of β-amino-alcohol motifs (C(OH)–C–C–N with tert-alkyl or cyclic N) is 1. The van der Waals surface area contributed by atoms with Gasteiger partial charge in [0.1, 0.15) is 5.52 Å². The first-order valence-electron chi connectivity index (χ1n) is 7.09. The van der Waals surface area contributed by atoms with Gasteiger partial charge in [-0.15, -0.1) is 0 Å². The summed E-state index contributed by atoms with van der Waals surface area (Å²) in [5.41, 5.74) is 1.35. The van der Waals surface area contributed by atoms with E-state index in [0.717, 1.165) is 31.4 Å². The molecule has 2 N–H and O–H groups in total. The molecule has 6 heteroatoms. The third-order valence-corrected chi connectivity index (χ3v) is 3.89. The third kappa shape index (κ3) is 2.76. The van der Waals surface area contributed by atoms with Crippen molar-refractivity contribution in [3.63, 3.8) is 0 Å². The van der Waals surface area contributed by atoms with Crippen LogP contribution in [0, 0.1) is 0 Å². The molecule has 20 heavy (non-hydrogen) atoms. The number of nitrogens with one attached hydrogen (secondary N) is 1. The molecule has 1 fully saturated rings. The van der Waals surface area contributed by atoms with Gasteiger partial charge in [-0.05, 0) is 31.9 Å². The van der Waals surface area contributed by atoms with Crippen LogP contribution in [-0.2, 0) is 0 Å². The Morgan fingerprint density at radius 3 is 3.20 bits per heavy atom. The monoisotopic (exact) mass is 276 g/mol. The highest BCUT2D eigenvalue weighted by Crippen LogP contribution is 2.22. The van der Waals surface area contributed by atoms with E-state index in [1.165, 1.54) is 0 Å². The summed E-state index contributed by atoms with van der Waals surface area (Å²) in [5, 5.41) is 12.4. The molecule has 1 saturated heterocycles. The molecule has 2 unspecified atom stereocenters. The fourth-order valence-electron chi connectivity index (χ4n) is 2.82. The van der Waals surface area contributed by atoms with Gasteiger partial charge in [0.15, 0.2) is 0 Å². The molecule has 1 aliphatic rings. The Morgan fingerprint density at radius 2 is 2.45 bits per heavy atom. The number of nitrogens with zero attached hydrogens (tertiary/aromatic N) is 3. The van der Waals surface area contributed by atoms with Crippen LogP contribution < -0.4 is 5.32 Å². The molecule has 0 aromatic carbocycles. The number of rotatable bonds is 4. The van der Waals surface area contributed by atoms with Crippen molar-refractivity contribution >= 4 is 17.2 Å². The Kier molecular flexibility index (Phi) is 3.84. The fourth-order valence-corrected chi connectivity index (χ4v) is 2.82. The second-order valence-electron chi connectivity index (χ2n) is 5.32. The minimum absolute atomic E-state index is 0.221. The molecule has 0 amide bonds. The van der Waals surface area contributed by atoms with Gasteiger partial charge in [0, 0.05) is 31.4 Å². The van der Waals surface area contributed by atoms with Gasteiger partial charge in [0.25, 0.3) is 6.01 Å². The number of hydrogen-bond acceptors (Lipinski definition) is 6. The van der Waals surface area contributed by atoms with E-state index in [2.05, 4.69) is 27.1 Å². The van der Waals surface area contributed by atoms with E-state index in [0.29, 0.717) is 23.8 Å². The zero-order valence-corrected chi connectivity index (χ0v) is 11.6. The fraction of sp³-hybridized carbons (Fsp3) is 0.571. The summed E-state index contributed by atoms with van der Waals surface area (Å²) in [5.74, 6) is 0. The van der Waals surface area contributed by atoms with E-state index in [1.807, 2.05) is 12.1 Å². The van der Waals surface area contributed by atoms with Crippen molar-refractivity contribution in [2.75, 3.05) is 25.0 Å². The maximum absolute atomic E-state index is 9.03.